The highest BCUT2D eigenvalue weighted by Crippen LogP contribution is 2.08. The van der Waals surface area contributed by atoms with E-state index in [-0.39, 0.29) is 17.7 Å². The van der Waals surface area contributed by atoms with Crippen LogP contribution in [0, 0.1) is 5.92 Å². The summed E-state index contributed by atoms with van der Waals surface area (Å²) in [4.78, 5) is 28.6. The molecule has 0 radical (unpaired) electrons. The molecule has 24 heavy (non-hydrogen) atoms. The molecule has 1 aromatic rings. The van der Waals surface area contributed by atoms with Gasteiger partial charge in [-0.3, -0.25) is 9.59 Å². The molecule has 0 aliphatic carbocycles. The van der Waals surface area contributed by atoms with E-state index in [1.54, 1.807) is 0 Å². The molecule has 0 bridgehead atoms. The number of nitrogens with zero attached hydrogens (tertiary/aromatic N) is 2. The van der Waals surface area contributed by atoms with Crippen LogP contribution in [0.4, 0.5) is 0 Å². The molecule has 5 heteroatoms. The Hall–Kier alpha value is -1.88. The summed E-state index contributed by atoms with van der Waals surface area (Å²) in [5.74, 6) is 0.0693. The summed E-state index contributed by atoms with van der Waals surface area (Å²) in [7, 11) is 0. The summed E-state index contributed by atoms with van der Waals surface area (Å²) >= 11 is 0. The second kappa shape index (κ2) is 9.42. The van der Waals surface area contributed by atoms with Gasteiger partial charge in [0.05, 0.1) is 0 Å². The number of carbonyl (C=O) groups is 2. The molecule has 1 aliphatic rings. The summed E-state index contributed by atoms with van der Waals surface area (Å²) in [6.07, 6.45) is 1.11. The maximum absolute atomic E-state index is 12.2. The van der Waals surface area contributed by atoms with Crippen LogP contribution < -0.4 is 5.32 Å². The lowest BCUT2D eigenvalue weighted by atomic mass is 10.0. The van der Waals surface area contributed by atoms with Crippen molar-refractivity contribution in [3.8, 4) is 0 Å². The Labute approximate surface area is 145 Å². The Kier molecular flexibility index (Phi) is 7.25. The van der Waals surface area contributed by atoms with Crippen molar-refractivity contribution in [2.75, 3.05) is 39.3 Å². The van der Waals surface area contributed by atoms with Crippen molar-refractivity contribution < 1.29 is 9.59 Å². The van der Waals surface area contributed by atoms with Crippen molar-refractivity contribution in [3.63, 3.8) is 0 Å². The monoisotopic (exact) mass is 331 g/mol. The number of rotatable bonds is 7. The van der Waals surface area contributed by atoms with E-state index in [2.05, 4.69) is 17.1 Å². The van der Waals surface area contributed by atoms with E-state index in [4.69, 9.17) is 0 Å². The third-order valence-electron chi connectivity index (χ3n) is 4.64. The van der Waals surface area contributed by atoms with Gasteiger partial charge in [0.2, 0.25) is 11.8 Å². The number of hydrogen-bond acceptors (Lipinski definition) is 3. The van der Waals surface area contributed by atoms with Crippen molar-refractivity contribution in [1.29, 1.82) is 0 Å². The predicted octanol–water partition coefficient (Wildman–Crippen LogP) is 1.54. The topological polar surface area (TPSA) is 52.6 Å². The van der Waals surface area contributed by atoms with Crippen LogP contribution in [-0.2, 0) is 16.0 Å². The SMILES string of the molecule is CCN1CCN(C(=O)CCNC(=O)C(C)Cc2ccccc2)CC1. The normalized spacial score (nSPS) is 16.7. The summed E-state index contributed by atoms with van der Waals surface area (Å²) in [5.41, 5.74) is 1.16. The summed E-state index contributed by atoms with van der Waals surface area (Å²) in [5, 5.41) is 2.90. The highest BCUT2D eigenvalue weighted by molar-refractivity contribution is 5.80. The molecular formula is C19H29N3O2. The number of carbonyl (C=O) groups excluding carboxylic acids is 2. The molecule has 1 saturated heterocycles. The average molecular weight is 331 g/mol. The fourth-order valence-corrected chi connectivity index (χ4v) is 3.00. The van der Waals surface area contributed by atoms with Gasteiger partial charge in [-0.05, 0) is 18.5 Å². The maximum atomic E-state index is 12.2. The molecule has 1 atom stereocenters. The van der Waals surface area contributed by atoms with Crippen molar-refractivity contribution in [3.05, 3.63) is 35.9 Å². The van der Waals surface area contributed by atoms with Crippen molar-refractivity contribution in [2.24, 2.45) is 5.92 Å². The zero-order valence-electron chi connectivity index (χ0n) is 14.8. The first-order chi connectivity index (χ1) is 11.6. The second-order valence-corrected chi connectivity index (χ2v) is 6.45. The third-order valence-corrected chi connectivity index (χ3v) is 4.64. The molecule has 0 spiro atoms. The lowest BCUT2D eigenvalue weighted by Gasteiger charge is -2.34. The quantitative estimate of drug-likeness (QED) is 0.824. The molecule has 2 amide bonds. The molecule has 1 fully saturated rings. The minimum absolute atomic E-state index is 0.0162. The predicted molar refractivity (Wildman–Crippen MR) is 95.6 cm³/mol. The summed E-state index contributed by atoms with van der Waals surface area (Å²) < 4.78 is 0. The van der Waals surface area contributed by atoms with Crippen molar-refractivity contribution in [2.45, 2.75) is 26.7 Å². The second-order valence-electron chi connectivity index (χ2n) is 6.45. The average Bonchev–Trinajstić information content (AvgIpc) is 2.62. The van der Waals surface area contributed by atoms with E-state index in [1.807, 2.05) is 42.2 Å². The molecular weight excluding hydrogens is 302 g/mol. The van der Waals surface area contributed by atoms with Crippen LogP contribution in [0.2, 0.25) is 0 Å². The standard InChI is InChI=1S/C19H29N3O2/c1-3-21-11-13-22(14-12-21)18(23)9-10-20-19(24)16(2)15-17-7-5-4-6-8-17/h4-8,16H,3,9-15H2,1-2H3,(H,20,24). The molecule has 0 aromatic heterocycles. The minimum atomic E-state index is -0.0874. The van der Waals surface area contributed by atoms with Crippen LogP contribution in [0.25, 0.3) is 0 Å². The molecule has 1 aromatic carbocycles. The van der Waals surface area contributed by atoms with Gasteiger partial charge in [0.1, 0.15) is 0 Å². The number of hydrogen-bond donors (Lipinski definition) is 1. The molecule has 132 valence electrons. The van der Waals surface area contributed by atoms with Gasteiger partial charge >= 0.3 is 0 Å². The van der Waals surface area contributed by atoms with Gasteiger partial charge in [-0.1, -0.05) is 44.2 Å². The van der Waals surface area contributed by atoms with E-state index in [1.165, 1.54) is 0 Å². The van der Waals surface area contributed by atoms with E-state index in [0.29, 0.717) is 13.0 Å². The number of amides is 2. The number of benzene rings is 1. The smallest absolute Gasteiger partial charge is 0.224 e. The number of piperazine rings is 1. The summed E-state index contributed by atoms with van der Waals surface area (Å²) in [6, 6.07) is 10.0. The van der Waals surface area contributed by atoms with Crippen LogP contribution in [0.3, 0.4) is 0 Å². The van der Waals surface area contributed by atoms with Gasteiger partial charge in [0.25, 0.3) is 0 Å². The summed E-state index contributed by atoms with van der Waals surface area (Å²) in [6.45, 7) is 9.02. The number of likely N-dealkylation sites (N-methyl/N-ethyl adjacent to an activating group) is 1. The first-order valence-corrected chi connectivity index (χ1v) is 8.92. The molecule has 1 N–H and O–H groups in total. The molecule has 2 rings (SSSR count). The zero-order valence-corrected chi connectivity index (χ0v) is 14.8. The fourth-order valence-electron chi connectivity index (χ4n) is 3.00. The Balaban J connectivity index is 1.66. The highest BCUT2D eigenvalue weighted by atomic mass is 16.2. The maximum Gasteiger partial charge on any atom is 0.224 e. The van der Waals surface area contributed by atoms with Crippen LogP contribution in [0.5, 0.6) is 0 Å². The third kappa shape index (κ3) is 5.64. The Morgan fingerprint density at radius 1 is 1.12 bits per heavy atom. The Morgan fingerprint density at radius 2 is 1.79 bits per heavy atom. The van der Waals surface area contributed by atoms with E-state index in [0.717, 1.165) is 44.7 Å². The molecule has 5 nitrogen and oxygen atoms in total. The molecule has 1 unspecified atom stereocenters. The lowest BCUT2D eigenvalue weighted by molar-refractivity contribution is -0.133. The first kappa shape index (κ1) is 18.5. The van der Waals surface area contributed by atoms with E-state index >= 15 is 0 Å². The molecule has 1 aliphatic heterocycles. The van der Waals surface area contributed by atoms with E-state index in [9.17, 15) is 9.59 Å². The molecule has 0 saturated carbocycles. The number of nitrogens with one attached hydrogen (secondary N) is 1. The lowest BCUT2D eigenvalue weighted by Crippen LogP contribution is -2.49. The van der Waals surface area contributed by atoms with Gasteiger partial charge in [-0.25, -0.2) is 0 Å². The van der Waals surface area contributed by atoms with Gasteiger partial charge in [-0.15, -0.1) is 0 Å². The largest absolute Gasteiger partial charge is 0.355 e. The Morgan fingerprint density at radius 3 is 2.42 bits per heavy atom. The van der Waals surface area contributed by atoms with Gasteiger partial charge in [-0.2, -0.15) is 0 Å². The first-order valence-electron chi connectivity index (χ1n) is 8.92. The van der Waals surface area contributed by atoms with Crippen LogP contribution in [-0.4, -0.2) is 60.9 Å². The van der Waals surface area contributed by atoms with Crippen molar-refractivity contribution in [1.82, 2.24) is 15.1 Å². The van der Waals surface area contributed by atoms with E-state index < -0.39 is 0 Å². The Bertz CT molecular complexity index is 525. The van der Waals surface area contributed by atoms with Crippen LogP contribution in [0.1, 0.15) is 25.8 Å². The van der Waals surface area contributed by atoms with Crippen LogP contribution >= 0.6 is 0 Å². The van der Waals surface area contributed by atoms with Gasteiger partial charge in [0, 0.05) is 45.1 Å². The fraction of sp³-hybridized carbons (Fsp3) is 0.579. The highest BCUT2D eigenvalue weighted by Gasteiger charge is 2.20. The van der Waals surface area contributed by atoms with Crippen molar-refractivity contribution >= 4 is 11.8 Å². The zero-order chi connectivity index (χ0) is 17.4. The van der Waals surface area contributed by atoms with Crippen LogP contribution in [0.15, 0.2) is 30.3 Å². The minimum Gasteiger partial charge on any atom is -0.355 e. The molecule has 1 heterocycles. The van der Waals surface area contributed by atoms with Gasteiger partial charge < -0.3 is 15.1 Å². The van der Waals surface area contributed by atoms with Gasteiger partial charge in [0.15, 0.2) is 0 Å².